The number of fused-ring (bicyclic) bond motifs is 3. The van der Waals surface area contributed by atoms with Crippen LogP contribution in [0.25, 0.3) is 11.1 Å². The van der Waals surface area contributed by atoms with E-state index in [0.717, 1.165) is 45.0 Å². The van der Waals surface area contributed by atoms with Gasteiger partial charge in [-0.25, -0.2) is 4.39 Å². The van der Waals surface area contributed by atoms with Gasteiger partial charge < -0.3 is 9.67 Å². The van der Waals surface area contributed by atoms with Crippen molar-refractivity contribution in [2.75, 3.05) is 12.4 Å². The van der Waals surface area contributed by atoms with Crippen LogP contribution in [0, 0.1) is 5.82 Å². The van der Waals surface area contributed by atoms with Crippen molar-refractivity contribution in [2.45, 2.75) is 25.1 Å². The molecule has 0 saturated carbocycles. The first-order chi connectivity index (χ1) is 15.0. The lowest BCUT2D eigenvalue weighted by Gasteiger charge is -2.16. The Labute approximate surface area is 185 Å². The van der Waals surface area contributed by atoms with E-state index in [1.165, 1.54) is 17.7 Å². The number of hydrogen-bond acceptors (Lipinski definition) is 4. The molecule has 0 fully saturated rings. The molecular weight excluding hydrogens is 411 g/mol. The number of aliphatic imine (C=N–C) groups is 1. The highest BCUT2D eigenvalue weighted by Crippen LogP contribution is 2.39. The van der Waals surface area contributed by atoms with E-state index in [0.29, 0.717) is 6.42 Å². The van der Waals surface area contributed by atoms with Crippen molar-refractivity contribution in [3.05, 3.63) is 93.2 Å². The molecule has 3 aromatic rings. The quantitative estimate of drug-likeness (QED) is 0.608. The number of aryl methyl sites for hydroxylation is 1. The van der Waals surface area contributed by atoms with Crippen LogP contribution in [-0.4, -0.2) is 27.7 Å². The van der Waals surface area contributed by atoms with Gasteiger partial charge in [-0.1, -0.05) is 19.1 Å². The molecule has 2 aromatic carbocycles. The Hall–Kier alpha value is -2.70. The smallest absolute Gasteiger partial charge is 0.250 e. The molecule has 0 bridgehead atoms. The van der Waals surface area contributed by atoms with Gasteiger partial charge in [-0.2, -0.15) is 11.8 Å². The van der Waals surface area contributed by atoms with E-state index < -0.39 is 0 Å². The normalized spacial score (nSPS) is 15.1. The number of aliphatic hydroxyl groups is 1. The van der Waals surface area contributed by atoms with Crippen molar-refractivity contribution in [1.82, 2.24) is 4.57 Å². The summed E-state index contributed by atoms with van der Waals surface area (Å²) in [7, 11) is 1.74. The minimum absolute atomic E-state index is 0.0474. The third-order valence-electron chi connectivity index (χ3n) is 5.53. The number of hydrogen-bond donors (Lipinski definition) is 1. The van der Waals surface area contributed by atoms with Gasteiger partial charge in [-0.3, -0.25) is 9.79 Å². The van der Waals surface area contributed by atoms with E-state index in [1.54, 1.807) is 29.8 Å². The number of nitrogens with zero attached hydrogens (tertiary/aromatic N) is 2. The summed E-state index contributed by atoms with van der Waals surface area (Å²) >= 11 is 1.85. The van der Waals surface area contributed by atoms with Crippen LogP contribution in [0.4, 0.5) is 4.39 Å². The summed E-state index contributed by atoms with van der Waals surface area (Å²) in [6, 6.07) is 13.9. The Morgan fingerprint density at radius 3 is 2.58 bits per heavy atom. The lowest BCUT2D eigenvalue weighted by atomic mass is 9.90. The summed E-state index contributed by atoms with van der Waals surface area (Å²) in [4.78, 5) is 17.5. The first-order valence-electron chi connectivity index (χ1n) is 10.4. The molecule has 0 amide bonds. The maximum atomic E-state index is 13.6. The second kappa shape index (κ2) is 9.20. The molecule has 0 spiro atoms. The molecule has 2 heterocycles. The van der Waals surface area contributed by atoms with Gasteiger partial charge in [0.2, 0.25) is 0 Å². The molecule has 0 saturated heterocycles. The van der Waals surface area contributed by atoms with Gasteiger partial charge in [0.1, 0.15) is 5.82 Å². The molecule has 6 heteroatoms. The maximum Gasteiger partial charge on any atom is 0.250 e. The highest BCUT2D eigenvalue weighted by atomic mass is 32.2. The Morgan fingerprint density at radius 2 is 1.87 bits per heavy atom. The zero-order valence-electron chi connectivity index (χ0n) is 17.6. The average Bonchev–Trinajstić information content (AvgIpc) is 2.89. The first kappa shape index (κ1) is 21.5. The minimum Gasteiger partial charge on any atom is -0.396 e. The van der Waals surface area contributed by atoms with Crippen molar-refractivity contribution in [1.29, 1.82) is 0 Å². The fraction of sp³-hybridized carbons (Fsp3) is 0.280. The molecule has 0 radical (unpaired) electrons. The van der Waals surface area contributed by atoms with Gasteiger partial charge in [-0.05, 0) is 59.2 Å². The zero-order chi connectivity index (χ0) is 22.0. The van der Waals surface area contributed by atoms with Gasteiger partial charge in [0.25, 0.3) is 5.56 Å². The van der Waals surface area contributed by atoms with E-state index in [-0.39, 0.29) is 24.0 Å². The number of thioether (sulfide) groups is 1. The number of aliphatic hydroxyl groups excluding tert-OH is 1. The van der Waals surface area contributed by atoms with Crippen molar-refractivity contribution in [3.8, 4) is 11.1 Å². The van der Waals surface area contributed by atoms with Gasteiger partial charge in [-0.15, -0.1) is 0 Å². The number of pyridine rings is 1. The van der Waals surface area contributed by atoms with Crippen molar-refractivity contribution in [2.24, 2.45) is 12.0 Å². The Kier molecular flexibility index (Phi) is 6.39. The summed E-state index contributed by atoms with van der Waals surface area (Å²) < 4.78 is 15.2. The Balaban J connectivity index is 2.00. The molecule has 1 aromatic heterocycles. The maximum absolute atomic E-state index is 13.6. The minimum atomic E-state index is -0.366. The molecule has 160 valence electrons. The fourth-order valence-corrected chi connectivity index (χ4v) is 4.57. The lowest BCUT2D eigenvalue weighted by Crippen LogP contribution is -2.17. The summed E-state index contributed by atoms with van der Waals surface area (Å²) in [5, 5.41) is 9.71. The fourth-order valence-electron chi connectivity index (χ4n) is 3.95. The van der Waals surface area contributed by atoms with Gasteiger partial charge in [0, 0.05) is 48.4 Å². The van der Waals surface area contributed by atoms with Gasteiger partial charge >= 0.3 is 0 Å². The SMILES string of the molecule is CCSCc1ccc2c(c1)-c1cn(C)c(=O)cc1[C@H](CCO)N=C2c1ccc(F)cc1. The summed E-state index contributed by atoms with van der Waals surface area (Å²) in [5.74, 6) is 1.63. The molecule has 1 atom stereocenters. The summed E-state index contributed by atoms with van der Waals surface area (Å²) in [6.07, 6.45) is 2.26. The van der Waals surface area contributed by atoms with E-state index >= 15 is 0 Å². The van der Waals surface area contributed by atoms with Crippen LogP contribution in [0.15, 0.2) is 64.5 Å². The summed E-state index contributed by atoms with van der Waals surface area (Å²) in [6.45, 7) is 2.09. The highest BCUT2D eigenvalue weighted by Gasteiger charge is 2.26. The van der Waals surface area contributed by atoms with Crippen LogP contribution in [-0.2, 0) is 12.8 Å². The third-order valence-corrected chi connectivity index (χ3v) is 6.47. The molecule has 1 N–H and O–H groups in total. The second-order valence-corrected chi connectivity index (χ2v) is 8.90. The molecule has 0 aliphatic carbocycles. The van der Waals surface area contributed by atoms with E-state index in [2.05, 4.69) is 25.1 Å². The third kappa shape index (κ3) is 4.36. The van der Waals surface area contributed by atoms with Crippen molar-refractivity contribution >= 4 is 17.5 Å². The van der Waals surface area contributed by atoms with Crippen LogP contribution < -0.4 is 5.56 Å². The monoisotopic (exact) mass is 436 g/mol. The van der Waals surface area contributed by atoms with Crippen LogP contribution >= 0.6 is 11.8 Å². The standard InChI is InChI=1S/C25H25FN2O2S/c1-3-31-15-16-4-9-19-20(12-16)22-14-28(2)24(30)13-21(22)23(10-11-29)27-25(19)17-5-7-18(26)8-6-17/h4-9,12-14,23,29H,3,10-11,15H2,1-2H3/t23-/m0/s1. The first-order valence-corrected chi connectivity index (χ1v) is 11.5. The molecule has 0 unspecified atom stereocenters. The van der Waals surface area contributed by atoms with Crippen molar-refractivity contribution in [3.63, 3.8) is 0 Å². The Morgan fingerprint density at radius 1 is 1.10 bits per heavy atom. The van der Waals surface area contributed by atoms with Crippen LogP contribution in [0.2, 0.25) is 0 Å². The van der Waals surface area contributed by atoms with Gasteiger partial charge in [0.05, 0.1) is 11.8 Å². The molecule has 1 aliphatic heterocycles. The average molecular weight is 437 g/mol. The highest BCUT2D eigenvalue weighted by molar-refractivity contribution is 7.98. The molecule has 4 nitrogen and oxygen atoms in total. The molecular formula is C25H25FN2O2S. The number of rotatable bonds is 6. The van der Waals surface area contributed by atoms with Crippen LogP contribution in [0.1, 0.15) is 41.6 Å². The Bertz CT molecular complexity index is 1190. The summed E-state index contributed by atoms with van der Waals surface area (Å²) in [5.41, 5.74) is 6.34. The van der Waals surface area contributed by atoms with E-state index in [9.17, 15) is 14.3 Å². The van der Waals surface area contributed by atoms with Crippen molar-refractivity contribution < 1.29 is 9.50 Å². The second-order valence-electron chi connectivity index (χ2n) is 7.62. The van der Waals surface area contributed by atoms with E-state index in [1.807, 2.05) is 18.0 Å². The number of halogens is 1. The van der Waals surface area contributed by atoms with Crippen LogP contribution in [0.3, 0.4) is 0 Å². The predicted molar refractivity (Wildman–Crippen MR) is 125 cm³/mol. The number of benzene rings is 2. The largest absolute Gasteiger partial charge is 0.396 e. The topological polar surface area (TPSA) is 54.6 Å². The van der Waals surface area contributed by atoms with Crippen LogP contribution in [0.5, 0.6) is 0 Å². The zero-order valence-corrected chi connectivity index (χ0v) is 18.5. The molecule has 31 heavy (non-hydrogen) atoms. The number of aromatic nitrogens is 1. The molecule has 4 rings (SSSR count). The lowest BCUT2D eigenvalue weighted by molar-refractivity contribution is 0.277. The van der Waals surface area contributed by atoms with E-state index in [4.69, 9.17) is 4.99 Å². The molecule has 1 aliphatic rings. The van der Waals surface area contributed by atoms with Gasteiger partial charge in [0.15, 0.2) is 0 Å². The predicted octanol–water partition coefficient (Wildman–Crippen LogP) is 4.72.